The Morgan fingerprint density at radius 2 is 1.70 bits per heavy atom. The van der Waals surface area contributed by atoms with Gasteiger partial charge in [-0.3, -0.25) is 5.43 Å². The molecular weight excluding hydrogens is 360 g/mol. The van der Waals surface area contributed by atoms with Gasteiger partial charge in [-0.15, -0.1) is 0 Å². The van der Waals surface area contributed by atoms with Gasteiger partial charge in [0.2, 0.25) is 0 Å². The largest absolute Gasteiger partial charge is 0.507 e. The predicted molar refractivity (Wildman–Crippen MR) is 109 cm³/mol. The summed E-state index contributed by atoms with van der Waals surface area (Å²) in [5.74, 6) is 1.13. The number of hydrogen-bond acceptors (Lipinski definition) is 5. The molecule has 0 saturated heterocycles. The van der Waals surface area contributed by atoms with E-state index in [0.717, 1.165) is 16.3 Å². The highest BCUT2D eigenvalue weighted by Gasteiger charge is 2.06. The highest BCUT2D eigenvalue weighted by Crippen LogP contribution is 2.25. The number of nitrogens with zero attached hydrogens (tertiary/aromatic N) is 3. The Labute approximate surface area is 161 Å². The molecule has 1 heterocycles. The molecule has 4 rings (SSSR count). The van der Waals surface area contributed by atoms with Crippen LogP contribution in [0.3, 0.4) is 0 Å². The first-order valence-electron chi connectivity index (χ1n) is 8.30. The average Bonchev–Trinajstić information content (AvgIpc) is 2.70. The van der Waals surface area contributed by atoms with Crippen molar-refractivity contribution in [1.29, 1.82) is 0 Å². The van der Waals surface area contributed by atoms with Crippen LogP contribution in [0.2, 0.25) is 5.15 Å². The molecule has 0 aliphatic rings. The molecular formula is C21H15ClN4O. The van der Waals surface area contributed by atoms with Crippen LogP contribution in [0.15, 0.2) is 77.9 Å². The van der Waals surface area contributed by atoms with Gasteiger partial charge in [-0.1, -0.05) is 72.3 Å². The Morgan fingerprint density at radius 3 is 2.56 bits per heavy atom. The van der Waals surface area contributed by atoms with Gasteiger partial charge in [0.1, 0.15) is 10.9 Å². The molecule has 0 aliphatic heterocycles. The van der Waals surface area contributed by atoms with Crippen molar-refractivity contribution in [3.05, 3.63) is 83.5 Å². The van der Waals surface area contributed by atoms with Gasteiger partial charge in [-0.25, -0.2) is 9.97 Å². The molecule has 0 fully saturated rings. The third kappa shape index (κ3) is 3.73. The minimum absolute atomic E-state index is 0.157. The summed E-state index contributed by atoms with van der Waals surface area (Å²) >= 11 is 6.12. The summed E-state index contributed by atoms with van der Waals surface area (Å²) in [7, 11) is 0. The van der Waals surface area contributed by atoms with Crippen LogP contribution < -0.4 is 5.43 Å². The van der Waals surface area contributed by atoms with Gasteiger partial charge in [0.25, 0.3) is 0 Å². The van der Waals surface area contributed by atoms with E-state index in [2.05, 4.69) is 20.5 Å². The van der Waals surface area contributed by atoms with E-state index >= 15 is 0 Å². The zero-order valence-electron chi connectivity index (χ0n) is 14.2. The molecule has 27 heavy (non-hydrogen) atoms. The number of rotatable bonds is 4. The molecule has 0 spiro atoms. The lowest BCUT2D eigenvalue weighted by molar-refractivity contribution is 0.475. The summed E-state index contributed by atoms with van der Waals surface area (Å²) < 4.78 is 0. The SMILES string of the molecule is Oc1ccc2ccccc2c1/C=N/Nc1cc(Cl)nc(-c2ccccc2)n1. The third-order valence-electron chi connectivity index (χ3n) is 4.05. The maximum atomic E-state index is 10.2. The van der Waals surface area contributed by atoms with E-state index < -0.39 is 0 Å². The monoisotopic (exact) mass is 374 g/mol. The van der Waals surface area contributed by atoms with Gasteiger partial charge in [-0.05, 0) is 16.8 Å². The fourth-order valence-corrected chi connectivity index (χ4v) is 2.96. The van der Waals surface area contributed by atoms with E-state index in [1.807, 2.05) is 60.7 Å². The molecule has 2 N–H and O–H groups in total. The fourth-order valence-electron chi connectivity index (χ4n) is 2.77. The number of hydrazone groups is 1. The van der Waals surface area contributed by atoms with Gasteiger partial charge in [-0.2, -0.15) is 5.10 Å². The van der Waals surface area contributed by atoms with Crippen LogP contribution in [0.5, 0.6) is 5.75 Å². The Morgan fingerprint density at radius 1 is 0.926 bits per heavy atom. The number of aromatic nitrogens is 2. The fraction of sp³-hybridized carbons (Fsp3) is 0. The number of halogens is 1. The summed E-state index contributed by atoms with van der Waals surface area (Å²) in [6.07, 6.45) is 1.57. The number of aromatic hydroxyl groups is 1. The number of anilines is 1. The number of nitrogens with one attached hydrogen (secondary N) is 1. The van der Waals surface area contributed by atoms with E-state index in [4.69, 9.17) is 11.6 Å². The first-order valence-corrected chi connectivity index (χ1v) is 8.68. The van der Waals surface area contributed by atoms with Gasteiger partial charge in [0, 0.05) is 17.2 Å². The maximum Gasteiger partial charge on any atom is 0.163 e. The first kappa shape index (κ1) is 17.0. The molecule has 3 aromatic carbocycles. The lowest BCUT2D eigenvalue weighted by Gasteiger charge is -2.06. The lowest BCUT2D eigenvalue weighted by Crippen LogP contribution is -1.98. The third-order valence-corrected chi connectivity index (χ3v) is 4.24. The van der Waals surface area contributed by atoms with Crippen molar-refractivity contribution in [2.24, 2.45) is 5.10 Å². The first-order chi connectivity index (χ1) is 13.2. The van der Waals surface area contributed by atoms with Crippen LogP contribution in [0.25, 0.3) is 22.2 Å². The van der Waals surface area contributed by atoms with Crippen LogP contribution in [-0.4, -0.2) is 21.3 Å². The maximum absolute atomic E-state index is 10.2. The van der Waals surface area contributed by atoms with Crippen molar-refractivity contribution in [2.45, 2.75) is 0 Å². The zero-order chi connectivity index (χ0) is 18.6. The molecule has 0 amide bonds. The highest BCUT2D eigenvalue weighted by atomic mass is 35.5. The molecule has 0 atom stereocenters. The van der Waals surface area contributed by atoms with Gasteiger partial charge in [0.15, 0.2) is 11.6 Å². The second-order valence-electron chi connectivity index (χ2n) is 5.86. The molecule has 5 nitrogen and oxygen atoms in total. The van der Waals surface area contributed by atoms with E-state index in [-0.39, 0.29) is 5.75 Å². The predicted octanol–water partition coefficient (Wildman–Crippen LogP) is 5.10. The van der Waals surface area contributed by atoms with E-state index in [1.54, 1.807) is 18.3 Å². The Kier molecular flexibility index (Phi) is 4.68. The van der Waals surface area contributed by atoms with Gasteiger partial charge in [0.05, 0.1) is 6.21 Å². The number of phenols is 1. The number of fused-ring (bicyclic) bond motifs is 1. The zero-order valence-corrected chi connectivity index (χ0v) is 14.9. The molecule has 0 saturated carbocycles. The second kappa shape index (κ2) is 7.43. The number of benzene rings is 3. The van der Waals surface area contributed by atoms with Crippen molar-refractivity contribution in [1.82, 2.24) is 9.97 Å². The van der Waals surface area contributed by atoms with Crippen molar-refractivity contribution >= 4 is 34.4 Å². The molecule has 132 valence electrons. The smallest absolute Gasteiger partial charge is 0.163 e. The molecule has 0 unspecified atom stereocenters. The summed E-state index contributed by atoms with van der Waals surface area (Å²) in [6.45, 7) is 0. The minimum Gasteiger partial charge on any atom is -0.507 e. The van der Waals surface area contributed by atoms with Crippen molar-refractivity contribution in [3.8, 4) is 17.1 Å². The quantitative estimate of drug-likeness (QED) is 0.296. The van der Waals surface area contributed by atoms with Gasteiger partial charge >= 0.3 is 0 Å². The molecule has 0 radical (unpaired) electrons. The topological polar surface area (TPSA) is 70.4 Å². The molecule has 0 bridgehead atoms. The summed E-state index contributed by atoms with van der Waals surface area (Å²) in [5, 5.41) is 16.6. The summed E-state index contributed by atoms with van der Waals surface area (Å²) in [6, 6.07) is 22.5. The number of hydrogen-bond donors (Lipinski definition) is 2. The van der Waals surface area contributed by atoms with Crippen LogP contribution in [-0.2, 0) is 0 Å². The van der Waals surface area contributed by atoms with Gasteiger partial charge < -0.3 is 5.11 Å². The van der Waals surface area contributed by atoms with Crippen molar-refractivity contribution in [2.75, 3.05) is 5.43 Å². The molecule has 0 aliphatic carbocycles. The van der Waals surface area contributed by atoms with Crippen LogP contribution in [0, 0.1) is 0 Å². The van der Waals surface area contributed by atoms with E-state index in [0.29, 0.717) is 22.4 Å². The lowest BCUT2D eigenvalue weighted by atomic mass is 10.0. The van der Waals surface area contributed by atoms with E-state index in [1.165, 1.54) is 0 Å². The molecule has 1 aromatic heterocycles. The molecule has 6 heteroatoms. The normalized spacial score (nSPS) is 11.1. The Balaban J connectivity index is 1.63. The van der Waals surface area contributed by atoms with Crippen LogP contribution in [0.1, 0.15) is 5.56 Å². The Hall–Kier alpha value is -3.44. The molecule has 4 aromatic rings. The van der Waals surface area contributed by atoms with Crippen molar-refractivity contribution in [3.63, 3.8) is 0 Å². The standard InChI is InChI=1S/C21H15ClN4O/c22-19-12-20(25-21(24-19)15-7-2-1-3-8-15)26-23-13-17-16-9-5-4-6-14(16)10-11-18(17)27/h1-13,27H,(H,24,25,26)/b23-13+. The minimum atomic E-state index is 0.157. The van der Waals surface area contributed by atoms with Crippen LogP contribution in [0.4, 0.5) is 5.82 Å². The second-order valence-corrected chi connectivity index (χ2v) is 6.24. The Bertz CT molecular complexity index is 1130. The van der Waals surface area contributed by atoms with Crippen molar-refractivity contribution < 1.29 is 5.11 Å². The summed E-state index contributed by atoms with van der Waals surface area (Å²) in [4.78, 5) is 8.68. The average molecular weight is 375 g/mol. The number of phenolic OH excluding ortho intramolecular Hbond substituents is 1. The van der Waals surface area contributed by atoms with E-state index in [9.17, 15) is 5.11 Å². The summed E-state index contributed by atoms with van der Waals surface area (Å²) in [5.41, 5.74) is 4.35. The van der Waals surface area contributed by atoms with Crippen LogP contribution >= 0.6 is 11.6 Å². The highest BCUT2D eigenvalue weighted by molar-refractivity contribution is 6.29.